The Kier molecular flexibility index (Phi) is 8.96. The molecule has 0 spiro atoms. The molecule has 1 aliphatic rings. The summed E-state index contributed by atoms with van der Waals surface area (Å²) >= 11 is 0. The standard InChI is InChI=1S/C27H32F2N4O4/c1-15(2)20-10-9-18(11-21(20)29)25(17-7-5-4-6-8-17)32-26(36)23-12-19(28)14-33(23)27(37)22(13-24(30)35)31-16(3)34/h4-11,15,19,22-23,25H,12-14H2,1-3H3,(H2,30,35)(H,31,34)(H,32,36)/t19-,22+,23+,25+/m1/s1. The van der Waals surface area contributed by atoms with Gasteiger partial charge in [-0.3, -0.25) is 19.2 Å². The van der Waals surface area contributed by atoms with Crippen LogP contribution in [0.25, 0.3) is 0 Å². The molecular formula is C27H32F2N4O4. The van der Waals surface area contributed by atoms with Gasteiger partial charge in [-0.15, -0.1) is 0 Å². The number of nitrogens with one attached hydrogen (secondary N) is 2. The number of carbonyl (C=O) groups is 4. The van der Waals surface area contributed by atoms with Crippen LogP contribution in [0.1, 0.15) is 62.3 Å². The van der Waals surface area contributed by atoms with Crippen molar-refractivity contribution in [1.29, 1.82) is 0 Å². The minimum atomic E-state index is -1.48. The molecule has 0 unspecified atom stereocenters. The Morgan fingerprint density at radius 1 is 1.05 bits per heavy atom. The number of likely N-dealkylation sites (tertiary alicyclic amines) is 1. The average molecular weight is 515 g/mol. The van der Waals surface area contributed by atoms with Crippen LogP contribution < -0.4 is 16.4 Å². The molecule has 2 aromatic carbocycles. The first-order valence-electron chi connectivity index (χ1n) is 12.1. The summed E-state index contributed by atoms with van der Waals surface area (Å²) in [6, 6.07) is 10.4. The van der Waals surface area contributed by atoms with Gasteiger partial charge in [-0.05, 0) is 28.7 Å². The maximum atomic E-state index is 14.8. The molecule has 198 valence electrons. The van der Waals surface area contributed by atoms with Crippen molar-refractivity contribution in [1.82, 2.24) is 15.5 Å². The lowest BCUT2D eigenvalue weighted by atomic mass is 9.94. The number of rotatable bonds is 9. The van der Waals surface area contributed by atoms with Crippen LogP contribution in [0.5, 0.6) is 0 Å². The van der Waals surface area contributed by atoms with Crippen molar-refractivity contribution in [2.45, 2.75) is 63.8 Å². The van der Waals surface area contributed by atoms with E-state index >= 15 is 0 Å². The summed E-state index contributed by atoms with van der Waals surface area (Å²) < 4.78 is 29.3. The van der Waals surface area contributed by atoms with Crippen LogP contribution in [-0.4, -0.2) is 53.3 Å². The van der Waals surface area contributed by atoms with Crippen LogP contribution in [-0.2, 0) is 19.2 Å². The molecule has 4 N–H and O–H groups in total. The first-order chi connectivity index (χ1) is 17.5. The smallest absolute Gasteiger partial charge is 0.246 e. The van der Waals surface area contributed by atoms with Gasteiger partial charge in [0.2, 0.25) is 23.6 Å². The number of halogens is 2. The van der Waals surface area contributed by atoms with Gasteiger partial charge < -0.3 is 21.3 Å². The Balaban J connectivity index is 1.90. The maximum Gasteiger partial charge on any atom is 0.246 e. The van der Waals surface area contributed by atoms with E-state index in [4.69, 9.17) is 5.73 Å². The van der Waals surface area contributed by atoms with E-state index in [9.17, 15) is 28.0 Å². The van der Waals surface area contributed by atoms with Crippen LogP contribution in [0.3, 0.4) is 0 Å². The minimum absolute atomic E-state index is 0.0321. The molecule has 0 saturated carbocycles. The second kappa shape index (κ2) is 11.9. The van der Waals surface area contributed by atoms with E-state index in [1.165, 1.54) is 13.0 Å². The molecule has 1 heterocycles. The number of benzene rings is 2. The third kappa shape index (κ3) is 6.90. The monoisotopic (exact) mass is 514 g/mol. The molecular weight excluding hydrogens is 482 g/mol. The average Bonchev–Trinajstić information content (AvgIpc) is 3.23. The molecule has 0 aromatic heterocycles. The first kappa shape index (κ1) is 27.8. The van der Waals surface area contributed by atoms with Gasteiger partial charge in [0, 0.05) is 13.3 Å². The molecule has 10 heteroatoms. The highest BCUT2D eigenvalue weighted by Crippen LogP contribution is 2.28. The second-order valence-electron chi connectivity index (χ2n) is 9.55. The van der Waals surface area contributed by atoms with Gasteiger partial charge >= 0.3 is 0 Å². The van der Waals surface area contributed by atoms with Crippen LogP contribution >= 0.6 is 0 Å². The fourth-order valence-corrected chi connectivity index (χ4v) is 4.56. The van der Waals surface area contributed by atoms with Gasteiger partial charge in [-0.2, -0.15) is 0 Å². The van der Waals surface area contributed by atoms with Crippen molar-refractivity contribution < 1.29 is 28.0 Å². The Hall–Kier alpha value is -3.82. The molecule has 37 heavy (non-hydrogen) atoms. The summed E-state index contributed by atoms with van der Waals surface area (Å²) in [6.07, 6.45) is -2.23. The molecule has 8 nitrogen and oxygen atoms in total. The topological polar surface area (TPSA) is 122 Å². The molecule has 4 atom stereocenters. The zero-order chi connectivity index (χ0) is 27.3. The van der Waals surface area contributed by atoms with Crippen molar-refractivity contribution >= 4 is 23.6 Å². The molecule has 1 fully saturated rings. The molecule has 0 bridgehead atoms. The highest BCUT2D eigenvalue weighted by Gasteiger charge is 2.43. The lowest BCUT2D eigenvalue weighted by Gasteiger charge is -2.29. The van der Waals surface area contributed by atoms with Gasteiger partial charge in [0.05, 0.1) is 19.0 Å². The molecule has 1 aliphatic heterocycles. The lowest BCUT2D eigenvalue weighted by Crippen LogP contribution is -2.54. The summed E-state index contributed by atoms with van der Waals surface area (Å²) in [5.74, 6) is -3.27. The molecule has 3 rings (SSSR count). The van der Waals surface area contributed by atoms with E-state index in [2.05, 4.69) is 10.6 Å². The third-order valence-corrected chi connectivity index (χ3v) is 6.32. The number of nitrogens with two attached hydrogens (primary N) is 1. The predicted molar refractivity (Wildman–Crippen MR) is 133 cm³/mol. The van der Waals surface area contributed by atoms with Crippen molar-refractivity contribution in [3.05, 3.63) is 71.0 Å². The molecule has 4 amide bonds. The zero-order valence-corrected chi connectivity index (χ0v) is 21.0. The van der Waals surface area contributed by atoms with Gasteiger partial charge in [0.1, 0.15) is 24.1 Å². The van der Waals surface area contributed by atoms with Crippen molar-refractivity contribution in [3.63, 3.8) is 0 Å². The van der Waals surface area contributed by atoms with Crippen LogP contribution in [0, 0.1) is 5.82 Å². The van der Waals surface area contributed by atoms with Crippen LogP contribution in [0.15, 0.2) is 48.5 Å². The van der Waals surface area contributed by atoms with Gasteiger partial charge in [0.25, 0.3) is 0 Å². The number of hydrogen-bond donors (Lipinski definition) is 3. The Labute approximate surface area is 214 Å². The van der Waals surface area contributed by atoms with Gasteiger partial charge in [0.15, 0.2) is 0 Å². The summed E-state index contributed by atoms with van der Waals surface area (Å²) in [4.78, 5) is 50.7. The number of amides is 4. The highest BCUT2D eigenvalue weighted by atomic mass is 19.1. The number of primary amides is 1. The second-order valence-corrected chi connectivity index (χ2v) is 9.55. The predicted octanol–water partition coefficient (Wildman–Crippen LogP) is 2.47. The first-order valence-corrected chi connectivity index (χ1v) is 12.1. The summed E-state index contributed by atoms with van der Waals surface area (Å²) in [6.45, 7) is 4.54. The van der Waals surface area contributed by atoms with Crippen LogP contribution in [0.4, 0.5) is 8.78 Å². The van der Waals surface area contributed by atoms with Gasteiger partial charge in [-0.1, -0.05) is 56.3 Å². The summed E-state index contributed by atoms with van der Waals surface area (Å²) in [5.41, 5.74) is 6.91. The van der Waals surface area contributed by atoms with E-state index in [0.29, 0.717) is 16.7 Å². The van der Waals surface area contributed by atoms with E-state index in [1.807, 2.05) is 13.8 Å². The zero-order valence-electron chi connectivity index (χ0n) is 21.0. The number of carbonyl (C=O) groups excluding carboxylic acids is 4. The van der Waals surface area contributed by atoms with Crippen molar-refractivity contribution in [3.8, 4) is 0 Å². The van der Waals surface area contributed by atoms with E-state index in [-0.39, 0.29) is 18.9 Å². The summed E-state index contributed by atoms with van der Waals surface area (Å²) in [7, 11) is 0. The highest BCUT2D eigenvalue weighted by molar-refractivity contribution is 5.95. The minimum Gasteiger partial charge on any atom is -0.370 e. The largest absolute Gasteiger partial charge is 0.370 e. The Morgan fingerprint density at radius 3 is 2.30 bits per heavy atom. The summed E-state index contributed by atoms with van der Waals surface area (Å²) in [5, 5.41) is 5.20. The van der Waals surface area contributed by atoms with Crippen molar-refractivity contribution in [2.75, 3.05) is 6.54 Å². The van der Waals surface area contributed by atoms with Crippen LogP contribution in [0.2, 0.25) is 0 Å². The normalized spacial score (nSPS) is 18.8. The van der Waals surface area contributed by atoms with Gasteiger partial charge in [-0.25, -0.2) is 8.78 Å². The SMILES string of the molecule is CC(=O)N[C@@H](CC(N)=O)C(=O)N1C[C@H](F)C[C@H]1C(=O)N[C@@H](c1ccccc1)c1ccc(C(C)C)c(F)c1. The maximum absolute atomic E-state index is 14.8. The number of alkyl halides is 1. The quantitative estimate of drug-likeness (QED) is 0.476. The fraction of sp³-hybridized carbons (Fsp3) is 0.407. The number of hydrogen-bond acceptors (Lipinski definition) is 4. The Bertz CT molecular complexity index is 1140. The Morgan fingerprint density at radius 2 is 1.73 bits per heavy atom. The molecule has 0 radical (unpaired) electrons. The third-order valence-electron chi connectivity index (χ3n) is 6.32. The lowest BCUT2D eigenvalue weighted by molar-refractivity contribution is -0.142. The van der Waals surface area contributed by atoms with E-state index in [0.717, 1.165) is 4.90 Å². The molecule has 0 aliphatic carbocycles. The van der Waals surface area contributed by atoms with E-state index < -0.39 is 60.2 Å². The van der Waals surface area contributed by atoms with E-state index in [1.54, 1.807) is 42.5 Å². The number of nitrogens with zero attached hydrogens (tertiary/aromatic N) is 1. The molecule has 2 aromatic rings. The van der Waals surface area contributed by atoms with Crippen molar-refractivity contribution in [2.24, 2.45) is 5.73 Å². The fourth-order valence-electron chi connectivity index (χ4n) is 4.56. The molecule has 1 saturated heterocycles.